The number of aryl methyl sites for hydroxylation is 1. The van der Waals surface area contributed by atoms with Crippen LogP contribution in [0.2, 0.25) is 0 Å². The molecule has 2 aliphatic rings. The molecular formula is C17H16O3. The molecule has 0 atom stereocenters. The predicted molar refractivity (Wildman–Crippen MR) is 76.2 cm³/mol. The van der Waals surface area contributed by atoms with E-state index in [1.807, 2.05) is 6.07 Å². The molecule has 1 aromatic carbocycles. The number of rotatable bonds is 2. The normalized spacial score (nSPS) is 17.8. The highest BCUT2D eigenvalue weighted by molar-refractivity contribution is 6.26. The first-order valence-corrected chi connectivity index (χ1v) is 6.92. The standard InChI is InChI=1S/C17H16O3/c1-2-5-13-15(18)12-9-8-10-6-3-4-7-11(10)14(12)17(20)16(13)19/h2,8-9,19H,1,3-7H2. The first-order chi connectivity index (χ1) is 9.65. The Morgan fingerprint density at radius 1 is 1.15 bits per heavy atom. The van der Waals surface area contributed by atoms with Gasteiger partial charge < -0.3 is 5.11 Å². The monoisotopic (exact) mass is 268 g/mol. The molecule has 0 unspecified atom stereocenters. The van der Waals surface area contributed by atoms with Gasteiger partial charge in [0.1, 0.15) is 0 Å². The second-order valence-electron chi connectivity index (χ2n) is 5.31. The zero-order chi connectivity index (χ0) is 14.3. The lowest BCUT2D eigenvalue weighted by atomic mass is 9.79. The lowest BCUT2D eigenvalue weighted by molar-refractivity contribution is 0.0926. The van der Waals surface area contributed by atoms with Gasteiger partial charge in [-0.15, -0.1) is 6.58 Å². The second-order valence-corrected chi connectivity index (χ2v) is 5.31. The van der Waals surface area contributed by atoms with Crippen LogP contribution in [-0.2, 0) is 12.8 Å². The average Bonchev–Trinajstić information content (AvgIpc) is 2.48. The van der Waals surface area contributed by atoms with Crippen LogP contribution in [0.15, 0.2) is 36.1 Å². The number of aliphatic hydroxyl groups excluding tert-OH is 1. The van der Waals surface area contributed by atoms with Gasteiger partial charge in [0.25, 0.3) is 0 Å². The van der Waals surface area contributed by atoms with Crippen LogP contribution in [0.5, 0.6) is 0 Å². The van der Waals surface area contributed by atoms with E-state index in [1.165, 1.54) is 6.08 Å². The number of hydrogen-bond acceptors (Lipinski definition) is 3. The van der Waals surface area contributed by atoms with E-state index in [4.69, 9.17) is 0 Å². The molecule has 102 valence electrons. The van der Waals surface area contributed by atoms with Crippen LogP contribution >= 0.6 is 0 Å². The number of Topliss-reactive ketones (excluding diaryl/α,β-unsaturated/α-hetero) is 2. The number of benzene rings is 1. The summed E-state index contributed by atoms with van der Waals surface area (Å²) in [6.45, 7) is 3.57. The van der Waals surface area contributed by atoms with E-state index in [9.17, 15) is 14.7 Å². The summed E-state index contributed by atoms with van der Waals surface area (Å²) >= 11 is 0. The Bertz CT molecular complexity index is 665. The van der Waals surface area contributed by atoms with Crippen molar-refractivity contribution in [3.63, 3.8) is 0 Å². The summed E-state index contributed by atoms with van der Waals surface area (Å²) in [4.78, 5) is 24.9. The van der Waals surface area contributed by atoms with Crippen LogP contribution < -0.4 is 0 Å². The van der Waals surface area contributed by atoms with Gasteiger partial charge in [0, 0.05) is 16.7 Å². The van der Waals surface area contributed by atoms with E-state index in [0.717, 1.165) is 36.8 Å². The molecule has 3 nitrogen and oxygen atoms in total. The lowest BCUT2D eigenvalue weighted by Gasteiger charge is -2.24. The van der Waals surface area contributed by atoms with Crippen molar-refractivity contribution >= 4 is 11.6 Å². The van der Waals surface area contributed by atoms with Gasteiger partial charge in [0.05, 0.1) is 0 Å². The Morgan fingerprint density at radius 2 is 1.90 bits per heavy atom. The quantitative estimate of drug-likeness (QED) is 0.837. The molecule has 0 spiro atoms. The lowest BCUT2D eigenvalue weighted by Crippen LogP contribution is -2.25. The highest BCUT2D eigenvalue weighted by Gasteiger charge is 2.34. The molecule has 3 heteroatoms. The number of carbonyl (C=O) groups excluding carboxylic acids is 2. The summed E-state index contributed by atoms with van der Waals surface area (Å²) in [5, 5.41) is 10.0. The van der Waals surface area contributed by atoms with E-state index >= 15 is 0 Å². The van der Waals surface area contributed by atoms with Crippen LogP contribution in [0.25, 0.3) is 0 Å². The van der Waals surface area contributed by atoms with Crippen molar-refractivity contribution < 1.29 is 14.7 Å². The molecule has 2 aliphatic carbocycles. The summed E-state index contributed by atoms with van der Waals surface area (Å²) < 4.78 is 0. The van der Waals surface area contributed by atoms with E-state index < -0.39 is 11.5 Å². The van der Waals surface area contributed by atoms with Crippen molar-refractivity contribution in [3.05, 3.63) is 58.4 Å². The third kappa shape index (κ3) is 1.73. The van der Waals surface area contributed by atoms with E-state index in [1.54, 1.807) is 6.07 Å². The van der Waals surface area contributed by atoms with Gasteiger partial charge in [0.15, 0.2) is 11.5 Å². The summed E-state index contributed by atoms with van der Waals surface area (Å²) in [6.07, 6.45) is 5.62. The fraction of sp³-hybridized carbons (Fsp3) is 0.294. The van der Waals surface area contributed by atoms with Crippen molar-refractivity contribution in [2.45, 2.75) is 32.1 Å². The number of allylic oxidation sites excluding steroid dienone is 3. The molecule has 1 aromatic rings. The molecule has 0 fully saturated rings. The number of carbonyl (C=O) groups is 2. The van der Waals surface area contributed by atoms with Crippen molar-refractivity contribution in [1.29, 1.82) is 0 Å². The molecule has 0 heterocycles. The molecule has 0 aromatic heterocycles. The first kappa shape index (κ1) is 12.9. The Morgan fingerprint density at radius 3 is 2.65 bits per heavy atom. The smallest absolute Gasteiger partial charge is 0.228 e. The Balaban J connectivity index is 2.22. The highest BCUT2D eigenvalue weighted by Crippen LogP contribution is 2.34. The van der Waals surface area contributed by atoms with Gasteiger partial charge in [-0.1, -0.05) is 18.2 Å². The zero-order valence-corrected chi connectivity index (χ0v) is 11.2. The molecule has 20 heavy (non-hydrogen) atoms. The van der Waals surface area contributed by atoms with Gasteiger partial charge in [-0.05, 0) is 43.2 Å². The van der Waals surface area contributed by atoms with Crippen molar-refractivity contribution in [1.82, 2.24) is 0 Å². The van der Waals surface area contributed by atoms with Crippen LogP contribution in [-0.4, -0.2) is 16.7 Å². The number of hydrogen-bond donors (Lipinski definition) is 1. The van der Waals surface area contributed by atoms with Crippen LogP contribution in [0.3, 0.4) is 0 Å². The number of aliphatic hydroxyl groups is 1. The van der Waals surface area contributed by atoms with Gasteiger partial charge in [-0.3, -0.25) is 9.59 Å². The SMILES string of the molecule is C=CCC1=C(O)C(=O)c2c(ccc3c2CCCC3)C1=O. The molecule has 1 N–H and O–H groups in total. The minimum atomic E-state index is -0.407. The molecule has 0 saturated heterocycles. The topological polar surface area (TPSA) is 54.4 Å². The molecule has 3 rings (SSSR count). The molecule has 0 bridgehead atoms. The minimum absolute atomic E-state index is 0.160. The average molecular weight is 268 g/mol. The van der Waals surface area contributed by atoms with Gasteiger partial charge >= 0.3 is 0 Å². The zero-order valence-electron chi connectivity index (χ0n) is 11.2. The van der Waals surface area contributed by atoms with Gasteiger partial charge in [-0.25, -0.2) is 0 Å². The van der Waals surface area contributed by atoms with Crippen molar-refractivity contribution in [2.24, 2.45) is 0 Å². The Hall–Kier alpha value is -2.16. The van der Waals surface area contributed by atoms with Crippen molar-refractivity contribution in [3.8, 4) is 0 Å². The number of ketones is 2. The first-order valence-electron chi connectivity index (χ1n) is 6.92. The fourth-order valence-electron chi connectivity index (χ4n) is 3.14. The third-order valence-electron chi connectivity index (χ3n) is 4.13. The largest absolute Gasteiger partial charge is 0.504 e. The maximum Gasteiger partial charge on any atom is 0.228 e. The maximum absolute atomic E-state index is 12.4. The summed E-state index contributed by atoms with van der Waals surface area (Å²) in [5.74, 6) is -1.05. The molecule has 0 radical (unpaired) electrons. The third-order valence-corrected chi connectivity index (χ3v) is 4.13. The molecular weight excluding hydrogens is 252 g/mol. The van der Waals surface area contributed by atoms with E-state index in [0.29, 0.717) is 11.1 Å². The second kappa shape index (κ2) is 4.75. The summed E-state index contributed by atoms with van der Waals surface area (Å²) in [7, 11) is 0. The van der Waals surface area contributed by atoms with E-state index in [-0.39, 0.29) is 17.8 Å². The predicted octanol–water partition coefficient (Wildman–Crippen LogP) is 3.33. The van der Waals surface area contributed by atoms with Crippen molar-refractivity contribution in [2.75, 3.05) is 0 Å². The summed E-state index contributed by atoms with van der Waals surface area (Å²) in [6, 6.07) is 3.68. The fourth-order valence-corrected chi connectivity index (χ4v) is 3.14. The highest BCUT2D eigenvalue weighted by atomic mass is 16.3. The van der Waals surface area contributed by atoms with Crippen LogP contribution in [0, 0.1) is 0 Å². The van der Waals surface area contributed by atoms with Gasteiger partial charge in [-0.2, -0.15) is 0 Å². The molecule has 0 saturated carbocycles. The minimum Gasteiger partial charge on any atom is -0.504 e. The van der Waals surface area contributed by atoms with Gasteiger partial charge in [0.2, 0.25) is 5.78 Å². The maximum atomic E-state index is 12.4. The molecule has 0 aliphatic heterocycles. The van der Waals surface area contributed by atoms with E-state index in [2.05, 4.69) is 6.58 Å². The Kier molecular flexibility index (Phi) is 3.05. The summed E-state index contributed by atoms with van der Waals surface area (Å²) in [5.41, 5.74) is 3.11. The molecule has 0 amide bonds. The van der Waals surface area contributed by atoms with Crippen LogP contribution in [0.4, 0.5) is 0 Å². The number of fused-ring (bicyclic) bond motifs is 3. The Labute approximate surface area is 117 Å². The van der Waals surface area contributed by atoms with Crippen LogP contribution in [0.1, 0.15) is 51.1 Å².